The van der Waals surface area contributed by atoms with Gasteiger partial charge in [0.25, 0.3) is 0 Å². The summed E-state index contributed by atoms with van der Waals surface area (Å²) in [5.74, 6) is 2.32. The number of guanidine groups is 1. The zero-order chi connectivity index (χ0) is 12.5. The van der Waals surface area contributed by atoms with E-state index in [0.29, 0.717) is 5.96 Å². The van der Waals surface area contributed by atoms with Gasteiger partial charge in [-0.2, -0.15) is 17.0 Å². The average molecular weight is 333 g/mol. The molecule has 0 amide bonds. The number of hydrogen-bond donors (Lipinski definition) is 3. The molecule has 0 saturated heterocycles. The molecule has 0 aliphatic rings. The van der Waals surface area contributed by atoms with Gasteiger partial charge in [0.15, 0.2) is 0 Å². The van der Waals surface area contributed by atoms with Crippen molar-refractivity contribution in [1.82, 2.24) is 20.6 Å². The molecule has 0 unspecified atom stereocenters. The van der Waals surface area contributed by atoms with Crippen molar-refractivity contribution in [3.63, 3.8) is 0 Å². The Balaban J connectivity index is 0.00000289. The molecule has 0 atom stereocenters. The number of nitrogens with one attached hydrogen (secondary N) is 3. The third-order valence-corrected chi connectivity index (χ3v) is 3.08. The molecule has 0 aromatic carbocycles. The summed E-state index contributed by atoms with van der Waals surface area (Å²) in [4.78, 5) is 10.8. The Morgan fingerprint density at radius 2 is 2.44 bits per heavy atom. The second-order valence-electron chi connectivity index (χ2n) is 3.26. The minimum absolute atomic E-state index is 0. The Bertz CT molecular complexity index is 411. The maximum atomic E-state index is 8.39. The molecule has 0 saturated carbocycles. The Kier molecular flexibility index (Phi) is 9.14. The second kappa shape index (κ2) is 9.79. The molecule has 18 heavy (non-hydrogen) atoms. The van der Waals surface area contributed by atoms with Crippen LogP contribution < -0.4 is 10.6 Å². The van der Waals surface area contributed by atoms with Gasteiger partial charge in [0.1, 0.15) is 0 Å². The zero-order valence-corrected chi connectivity index (χ0v) is 12.9. The first-order valence-corrected chi connectivity index (χ1v) is 6.38. The molecule has 0 radical (unpaired) electrons. The number of nitrogens with zero attached hydrogens (tertiary/aromatic N) is 3. The van der Waals surface area contributed by atoms with Gasteiger partial charge in [-0.25, -0.2) is 4.98 Å². The Morgan fingerprint density at radius 1 is 1.67 bits per heavy atom. The molecule has 0 bridgehead atoms. The summed E-state index contributed by atoms with van der Waals surface area (Å²) in [6.07, 6.45) is 3.44. The van der Waals surface area contributed by atoms with Gasteiger partial charge in [-0.3, -0.25) is 0 Å². The zero-order valence-electron chi connectivity index (χ0n) is 10.4. The number of aliphatic imine (C=N–C) groups is 1. The van der Waals surface area contributed by atoms with Crippen molar-refractivity contribution in [2.24, 2.45) is 4.99 Å². The van der Waals surface area contributed by atoms with E-state index in [1.807, 2.05) is 6.92 Å². The summed E-state index contributed by atoms with van der Waals surface area (Å²) in [6.45, 7) is 2.77. The molecule has 6 nitrogen and oxygen atoms in total. The smallest absolute Gasteiger partial charge is 0.209 e. The molecule has 1 aromatic heterocycles. The van der Waals surface area contributed by atoms with E-state index in [-0.39, 0.29) is 17.0 Å². The van der Waals surface area contributed by atoms with Crippen LogP contribution in [-0.4, -0.2) is 35.3 Å². The van der Waals surface area contributed by atoms with Crippen LogP contribution in [0, 0.1) is 18.4 Å². The number of nitriles is 1. The summed E-state index contributed by atoms with van der Waals surface area (Å²) >= 11 is 1.79. The van der Waals surface area contributed by atoms with Gasteiger partial charge in [0, 0.05) is 30.8 Å². The molecular weight excluding hydrogens is 316 g/mol. The Hall–Kier alpha value is -1.20. The van der Waals surface area contributed by atoms with Crippen LogP contribution >= 0.6 is 28.7 Å². The fraction of sp³-hybridized carbons (Fsp3) is 0.500. The lowest BCUT2D eigenvalue weighted by molar-refractivity contribution is 0.917. The average Bonchev–Trinajstić information content (AvgIpc) is 2.73. The van der Waals surface area contributed by atoms with Crippen molar-refractivity contribution in [3.05, 3.63) is 17.7 Å². The summed E-state index contributed by atoms with van der Waals surface area (Å²) in [7, 11) is 1.73. The van der Waals surface area contributed by atoms with Crippen LogP contribution in [0.4, 0.5) is 0 Å². The second-order valence-corrected chi connectivity index (χ2v) is 4.37. The highest BCUT2D eigenvalue weighted by Gasteiger charge is 2.00. The molecule has 0 fully saturated rings. The maximum Gasteiger partial charge on any atom is 0.209 e. The normalized spacial score (nSPS) is 10.4. The summed E-state index contributed by atoms with van der Waals surface area (Å²) in [6, 6.07) is 0. The fourth-order valence-electron chi connectivity index (χ4n) is 1.18. The standard InChI is InChI=1S/C10H16N6S.BrH/c1-8-9(16-7-15-8)5-17-4-3-13-10(12-2)14-6-11;/h7H,3-5H2,1-2H3,(H,15,16)(H2,12,13,14);1H. The molecular formula is C10H17BrN6S. The molecule has 0 aliphatic carbocycles. The summed E-state index contributed by atoms with van der Waals surface area (Å²) in [5.41, 5.74) is 2.21. The highest BCUT2D eigenvalue weighted by molar-refractivity contribution is 8.93. The van der Waals surface area contributed by atoms with E-state index in [0.717, 1.165) is 29.4 Å². The van der Waals surface area contributed by atoms with Crippen molar-refractivity contribution >= 4 is 34.7 Å². The van der Waals surface area contributed by atoms with Crippen molar-refractivity contribution in [2.75, 3.05) is 19.3 Å². The molecule has 1 rings (SSSR count). The van der Waals surface area contributed by atoms with Crippen LogP contribution in [0.3, 0.4) is 0 Å². The van der Waals surface area contributed by atoms with Gasteiger partial charge in [-0.05, 0) is 6.92 Å². The van der Waals surface area contributed by atoms with Crippen LogP contribution in [0.5, 0.6) is 0 Å². The lowest BCUT2D eigenvalue weighted by atomic mass is 10.4. The molecule has 1 aromatic rings. The van der Waals surface area contributed by atoms with E-state index in [2.05, 4.69) is 25.6 Å². The van der Waals surface area contributed by atoms with Crippen molar-refractivity contribution < 1.29 is 0 Å². The first kappa shape index (κ1) is 16.8. The number of aryl methyl sites for hydroxylation is 1. The fourth-order valence-corrected chi connectivity index (χ4v) is 2.05. The molecule has 8 heteroatoms. The summed E-state index contributed by atoms with van der Waals surface area (Å²) < 4.78 is 0. The SMILES string of the molecule is Br.CN/C(=N/C#N)NCCSCc1nc[nH]c1C. The van der Waals surface area contributed by atoms with Gasteiger partial charge in [-0.1, -0.05) is 0 Å². The molecule has 3 N–H and O–H groups in total. The van der Waals surface area contributed by atoms with Crippen molar-refractivity contribution in [2.45, 2.75) is 12.7 Å². The van der Waals surface area contributed by atoms with E-state index in [1.165, 1.54) is 0 Å². The quantitative estimate of drug-likeness (QED) is 0.326. The van der Waals surface area contributed by atoms with Crippen LogP contribution in [0.2, 0.25) is 0 Å². The largest absolute Gasteiger partial charge is 0.359 e. The summed E-state index contributed by atoms with van der Waals surface area (Å²) in [5, 5.41) is 14.2. The minimum Gasteiger partial charge on any atom is -0.359 e. The predicted molar refractivity (Wildman–Crippen MR) is 79.9 cm³/mol. The van der Waals surface area contributed by atoms with Gasteiger partial charge in [0.05, 0.1) is 12.0 Å². The number of H-pyrrole nitrogens is 1. The van der Waals surface area contributed by atoms with Gasteiger partial charge in [0.2, 0.25) is 12.2 Å². The number of rotatable bonds is 5. The van der Waals surface area contributed by atoms with E-state index >= 15 is 0 Å². The monoisotopic (exact) mass is 332 g/mol. The van der Waals surface area contributed by atoms with Crippen molar-refractivity contribution in [3.8, 4) is 6.19 Å². The lowest BCUT2D eigenvalue weighted by Crippen LogP contribution is -2.35. The molecule has 1 heterocycles. The topological polar surface area (TPSA) is 88.9 Å². The first-order chi connectivity index (χ1) is 8.27. The number of imidazole rings is 1. The third kappa shape index (κ3) is 5.93. The van der Waals surface area contributed by atoms with E-state index in [4.69, 9.17) is 5.26 Å². The van der Waals surface area contributed by atoms with Crippen LogP contribution in [0.25, 0.3) is 0 Å². The van der Waals surface area contributed by atoms with Gasteiger partial charge in [-0.15, -0.1) is 22.0 Å². The number of thioether (sulfide) groups is 1. The highest BCUT2D eigenvalue weighted by atomic mass is 79.9. The minimum atomic E-state index is 0. The maximum absolute atomic E-state index is 8.39. The van der Waals surface area contributed by atoms with E-state index in [9.17, 15) is 0 Å². The van der Waals surface area contributed by atoms with E-state index < -0.39 is 0 Å². The van der Waals surface area contributed by atoms with Crippen LogP contribution in [0.15, 0.2) is 11.3 Å². The number of halogens is 1. The van der Waals surface area contributed by atoms with Gasteiger partial charge < -0.3 is 15.6 Å². The highest BCUT2D eigenvalue weighted by Crippen LogP contribution is 2.11. The van der Waals surface area contributed by atoms with Crippen LogP contribution in [-0.2, 0) is 5.75 Å². The van der Waals surface area contributed by atoms with E-state index in [1.54, 1.807) is 31.3 Å². The number of hydrogen-bond acceptors (Lipinski definition) is 4. The van der Waals surface area contributed by atoms with Crippen molar-refractivity contribution in [1.29, 1.82) is 5.26 Å². The molecule has 0 aliphatic heterocycles. The number of aromatic nitrogens is 2. The molecule has 0 spiro atoms. The Morgan fingerprint density at radius 3 is 3.00 bits per heavy atom. The third-order valence-electron chi connectivity index (χ3n) is 2.11. The van der Waals surface area contributed by atoms with Crippen LogP contribution in [0.1, 0.15) is 11.4 Å². The lowest BCUT2D eigenvalue weighted by Gasteiger charge is -2.06. The predicted octanol–water partition coefficient (Wildman–Crippen LogP) is 1.18. The molecule has 100 valence electrons. The first-order valence-electron chi connectivity index (χ1n) is 5.23. The Labute approximate surface area is 121 Å². The number of aromatic amines is 1. The van der Waals surface area contributed by atoms with Gasteiger partial charge >= 0.3 is 0 Å².